The van der Waals surface area contributed by atoms with Crippen LogP contribution < -0.4 is 5.32 Å². The summed E-state index contributed by atoms with van der Waals surface area (Å²) in [6.07, 6.45) is -4.35. The van der Waals surface area contributed by atoms with E-state index < -0.39 is 11.7 Å². The number of rotatable bonds is 6. The molecular formula is C12H16F3NOS. The molecule has 0 spiro atoms. The van der Waals surface area contributed by atoms with E-state index >= 15 is 0 Å². The summed E-state index contributed by atoms with van der Waals surface area (Å²) in [7, 11) is 0. The van der Waals surface area contributed by atoms with Crippen LogP contribution in [0.15, 0.2) is 23.1 Å². The van der Waals surface area contributed by atoms with Gasteiger partial charge < -0.3 is 10.4 Å². The molecule has 0 bridgehead atoms. The highest BCUT2D eigenvalue weighted by atomic mass is 32.2. The number of halogens is 3. The lowest BCUT2D eigenvalue weighted by Crippen LogP contribution is -2.17. The summed E-state index contributed by atoms with van der Waals surface area (Å²) in [6, 6.07) is 4.29. The van der Waals surface area contributed by atoms with E-state index in [0.717, 1.165) is 6.07 Å². The van der Waals surface area contributed by atoms with E-state index in [2.05, 4.69) is 5.32 Å². The van der Waals surface area contributed by atoms with Gasteiger partial charge in [0, 0.05) is 17.2 Å². The Morgan fingerprint density at radius 2 is 2.06 bits per heavy atom. The Morgan fingerprint density at radius 3 is 2.61 bits per heavy atom. The Kier molecular flexibility index (Phi) is 5.98. The molecule has 0 saturated carbocycles. The number of benzene rings is 1. The fourth-order valence-electron chi connectivity index (χ4n) is 1.49. The van der Waals surface area contributed by atoms with Crippen LogP contribution >= 0.6 is 11.8 Å². The highest BCUT2D eigenvalue weighted by Crippen LogP contribution is 2.34. The largest absolute Gasteiger partial charge is 0.416 e. The number of nitrogens with one attached hydrogen (secondary N) is 1. The van der Waals surface area contributed by atoms with Crippen LogP contribution in [0.2, 0.25) is 0 Å². The van der Waals surface area contributed by atoms with Gasteiger partial charge >= 0.3 is 6.18 Å². The maximum Gasteiger partial charge on any atom is 0.416 e. The van der Waals surface area contributed by atoms with Crippen molar-refractivity contribution >= 4 is 11.8 Å². The van der Waals surface area contributed by atoms with Gasteiger partial charge in [-0.1, -0.05) is 13.0 Å². The van der Waals surface area contributed by atoms with E-state index in [1.807, 2.05) is 6.92 Å². The van der Waals surface area contributed by atoms with Crippen molar-refractivity contribution < 1.29 is 18.3 Å². The van der Waals surface area contributed by atoms with E-state index in [9.17, 15) is 13.2 Å². The van der Waals surface area contributed by atoms with Crippen molar-refractivity contribution in [2.45, 2.75) is 24.5 Å². The van der Waals surface area contributed by atoms with Crippen LogP contribution in [0.5, 0.6) is 0 Å². The van der Waals surface area contributed by atoms with Gasteiger partial charge in [0.2, 0.25) is 0 Å². The monoisotopic (exact) mass is 279 g/mol. The molecule has 6 heteroatoms. The zero-order valence-corrected chi connectivity index (χ0v) is 10.9. The molecule has 0 radical (unpaired) electrons. The number of hydrogen-bond acceptors (Lipinski definition) is 3. The average molecular weight is 279 g/mol. The molecule has 2 N–H and O–H groups in total. The van der Waals surface area contributed by atoms with Gasteiger partial charge in [0.25, 0.3) is 0 Å². The van der Waals surface area contributed by atoms with Crippen LogP contribution in [0.4, 0.5) is 13.2 Å². The van der Waals surface area contributed by atoms with Gasteiger partial charge in [-0.2, -0.15) is 13.2 Å². The van der Waals surface area contributed by atoms with Gasteiger partial charge in [-0.3, -0.25) is 0 Å². The van der Waals surface area contributed by atoms with Crippen LogP contribution in [0.1, 0.15) is 18.1 Å². The smallest absolute Gasteiger partial charge is 0.396 e. The first kappa shape index (κ1) is 15.3. The maximum atomic E-state index is 12.9. The van der Waals surface area contributed by atoms with Gasteiger partial charge in [-0.25, -0.2) is 0 Å². The predicted octanol–water partition coefficient (Wildman–Crippen LogP) is 2.90. The first-order chi connectivity index (χ1) is 8.49. The fourth-order valence-corrected chi connectivity index (χ4v) is 2.18. The van der Waals surface area contributed by atoms with Gasteiger partial charge in [0.1, 0.15) is 0 Å². The molecule has 0 aliphatic rings. The zero-order chi connectivity index (χ0) is 13.6. The van der Waals surface area contributed by atoms with Crippen molar-refractivity contribution in [1.82, 2.24) is 5.32 Å². The lowest BCUT2D eigenvalue weighted by Gasteiger charge is -2.14. The Balaban J connectivity index is 2.97. The van der Waals surface area contributed by atoms with Crippen LogP contribution in [-0.4, -0.2) is 24.0 Å². The third-order valence-electron chi connectivity index (χ3n) is 2.31. The topological polar surface area (TPSA) is 32.3 Å². The second kappa shape index (κ2) is 7.01. The average Bonchev–Trinajstić information content (AvgIpc) is 2.33. The van der Waals surface area contributed by atoms with Crippen LogP contribution in [0, 0.1) is 0 Å². The Morgan fingerprint density at radius 1 is 1.33 bits per heavy atom. The van der Waals surface area contributed by atoms with E-state index in [1.165, 1.54) is 17.8 Å². The summed E-state index contributed by atoms with van der Waals surface area (Å²) in [5.74, 6) is 0.393. The van der Waals surface area contributed by atoms with Crippen molar-refractivity contribution in [2.24, 2.45) is 0 Å². The van der Waals surface area contributed by atoms with Gasteiger partial charge in [-0.05, 0) is 24.2 Å². The third-order valence-corrected chi connectivity index (χ3v) is 3.29. The van der Waals surface area contributed by atoms with Gasteiger partial charge in [0.15, 0.2) is 0 Å². The number of hydrogen-bond donors (Lipinski definition) is 2. The van der Waals surface area contributed by atoms with E-state index in [1.54, 1.807) is 6.07 Å². The Hall–Kier alpha value is -0.720. The summed E-state index contributed by atoms with van der Waals surface area (Å²) in [5, 5.41) is 11.6. The van der Waals surface area contributed by atoms with Crippen LogP contribution in [-0.2, 0) is 12.7 Å². The molecule has 0 unspecified atom stereocenters. The summed E-state index contributed by atoms with van der Waals surface area (Å²) >= 11 is 1.21. The molecular weight excluding hydrogens is 263 g/mol. The maximum absolute atomic E-state index is 12.9. The summed E-state index contributed by atoms with van der Waals surface area (Å²) < 4.78 is 38.7. The molecule has 0 amide bonds. The Bertz CT molecular complexity index is 382. The SMILES string of the molecule is CCNCc1ccc(SCCO)cc1C(F)(F)F. The van der Waals surface area contributed by atoms with Gasteiger partial charge in [0.05, 0.1) is 12.2 Å². The molecule has 0 atom stereocenters. The number of aliphatic hydroxyl groups excluding tert-OH is 1. The molecule has 0 aromatic heterocycles. The molecule has 0 aliphatic carbocycles. The van der Waals surface area contributed by atoms with E-state index in [0.29, 0.717) is 17.2 Å². The summed E-state index contributed by atoms with van der Waals surface area (Å²) in [6.45, 7) is 2.62. The van der Waals surface area contributed by atoms with Crippen molar-refractivity contribution in [3.8, 4) is 0 Å². The minimum Gasteiger partial charge on any atom is -0.396 e. The fraction of sp³-hybridized carbons (Fsp3) is 0.500. The molecule has 0 heterocycles. The second-order valence-electron chi connectivity index (χ2n) is 3.67. The zero-order valence-electron chi connectivity index (χ0n) is 10.0. The minimum absolute atomic E-state index is 0.0504. The molecule has 2 nitrogen and oxygen atoms in total. The molecule has 0 fully saturated rings. The van der Waals surface area contributed by atoms with Crippen LogP contribution in [0.3, 0.4) is 0 Å². The standard InChI is InChI=1S/C12H16F3NOS/c1-2-16-8-9-3-4-10(18-6-5-17)7-11(9)12(13,14)15/h3-4,7,16-17H,2,5-6,8H2,1H3. The van der Waals surface area contributed by atoms with Crippen molar-refractivity contribution in [3.63, 3.8) is 0 Å². The summed E-state index contributed by atoms with van der Waals surface area (Å²) in [5.41, 5.74) is -0.357. The van der Waals surface area contributed by atoms with Crippen molar-refractivity contribution in [3.05, 3.63) is 29.3 Å². The number of alkyl halides is 3. The molecule has 102 valence electrons. The van der Waals surface area contributed by atoms with E-state index in [4.69, 9.17) is 5.11 Å². The molecule has 0 saturated heterocycles. The Labute approximate surface area is 109 Å². The lowest BCUT2D eigenvalue weighted by atomic mass is 10.1. The van der Waals surface area contributed by atoms with E-state index in [-0.39, 0.29) is 18.7 Å². The molecule has 1 rings (SSSR count). The molecule has 1 aromatic rings. The molecule has 18 heavy (non-hydrogen) atoms. The normalized spacial score (nSPS) is 11.8. The lowest BCUT2D eigenvalue weighted by molar-refractivity contribution is -0.138. The van der Waals surface area contributed by atoms with Crippen molar-refractivity contribution in [2.75, 3.05) is 18.9 Å². The predicted molar refractivity (Wildman–Crippen MR) is 66.6 cm³/mol. The highest BCUT2D eigenvalue weighted by Gasteiger charge is 2.33. The summed E-state index contributed by atoms with van der Waals surface area (Å²) in [4.78, 5) is 0.525. The second-order valence-corrected chi connectivity index (χ2v) is 4.84. The minimum atomic E-state index is -4.35. The molecule has 1 aromatic carbocycles. The van der Waals surface area contributed by atoms with Crippen LogP contribution in [0.25, 0.3) is 0 Å². The molecule has 0 aliphatic heterocycles. The third kappa shape index (κ3) is 4.51. The number of aliphatic hydroxyl groups is 1. The first-order valence-electron chi connectivity index (χ1n) is 5.63. The number of thioether (sulfide) groups is 1. The highest BCUT2D eigenvalue weighted by molar-refractivity contribution is 7.99. The van der Waals surface area contributed by atoms with Crippen molar-refractivity contribution in [1.29, 1.82) is 0 Å². The van der Waals surface area contributed by atoms with Gasteiger partial charge in [-0.15, -0.1) is 11.8 Å². The quantitative estimate of drug-likeness (QED) is 0.785. The first-order valence-corrected chi connectivity index (χ1v) is 6.62.